The molecule has 1 aromatic carbocycles. The predicted molar refractivity (Wildman–Crippen MR) is 86.6 cm³/mol. The fraction of sp³-hybridized carbons (Fsp3) is 0.444. The van der Waals surface area contributed by atoms with Gasteiger partial charge in [0.2, 0.25) is 5.91 Å². The average Bonchev–Trinajstić information content (AvgIpc) is 2.82. The molecule has 0 spiro atoms. The van der Waals surface area contributed by atoms with Crippen molar-refractivity contribution in [1.82, 2.24) is 14.9 Å². The zero-order chi connectivity index (χ0) is 15.5. The third-order valence-electron chi connectivity index (χ3n) is 4.36. The van der Waals surface area contributed by atoms with Gasteiger partial charge in [-0.05, 0) is 38.2 Å². The van der Waals surface area contributed by atoms with Gasteiger partial charge in [-0.15, -0.1) is 0 Å². The lowest BCUT2D eigenvalue weighted by molar-refractivity contribution is -0.120. The maximum atomic E-state index is 12.1. The molecule has 0 saturated heterocycles. The van der Waals surface area contributed by atoms with Gasteiger partial charge in [0, 0.05) is 12.7 Å². The first kappa shape index (κ1) is 14.8. The Bertz CT molecular complexity index is 688. The molecule has 0 unspecified atom stereocenters. The van der Waals surface area contributed by atoms with Crippen LogP contribution in [0.5, 0.6) is 0 Å². The molecule has 1 aromatic heterocycles. The van der Waals surface area contributed by atoms with Crippen molar-refractivity contribution in [2.24, 2.45) is 7.05 Å². The largest absolute Gasteiger partial charge is 0.349 e. The van der Waals surface area contributed by atoms with Crippen LogP contribution < -0.4 is 5.32 Å². The second kappa shape index (κ2) is 6.34. The van der Waals surface area contributed by atoms with Gasteiger partial charge in [0.15, 0.2) is 0 Å². The number of hydrogen-bond acceptors (Lipinski definition) is 2. The minimum atomic E-state index is 0.0478. The fourth-order valence-electron chi connectivity index (χ4n) is 3.15. The molecule has 22 heavy (non-hydrogen) atoms. The monoisotopic (exact) mass is 297 g/mol. The summed E-state index contributed by atoms with van der Waals surface area (Å²) in [6, 6.07) is 8.08. The average molecular weight is 297 g/mol. The molecular weight excluding hydrogens is 274 g/mol. The Morgan fingerprint density at radius 1 is 1.32 bits per heavy atom. The molecule has 1 N–H and O–H groups in total. The van der Waals surface area contributed by atoms with Crippen molar-refractivity contribution < 1.29 is 4.79 Å². The van der Waals surface area contributed by atoms with E-state index in [9.17, 15) is 4.79 Å². The minimum Gasteiger partial charge on any atom is -0.349 e. The van der Waals surface area contributed by atoms with Crippen molar-refractivity contribution in [3.8, 4) is 0 Å². The summed E-state index contributed by atoms with van der Waals surface area (Å²) in [6.07, 6.45) is 5.07. The van der Waals surface area contributed by atoms with Gasteiger partial charge in [0.1, 0.15) is 5.82 Å². The maximum Gasteiger partial charge on any atom is 0.224 e. The molecule has 0 saturated carbocycles. The van der Waals surface area contributed by atoms with Gasteiger partial charge in [-0.3, -0.25) is 4.79 Å². The van der Waals surface area contributed by atoms with E-state index in [1.807, 2.05) is 25.1 Å². The van der Waals surface area contributed by atoms with E-state index in [0.717, 1.165) is 24.2 Å². The van der Waals surface area contributed by atoms with Crippen LogP contribution in [0.1, 0.15) is 41.2 Å². The maximum absolute atomic E-state index is 12.1. The van der Waals surface area contributed by atoms with E-state index in [2.05, 4.69) is 23.0 Å². The summed E-state index contributed by atoms with van der Waals surface area (Å²) < 4.78 is 2.15. The summed E-state index contributed by atoms with van der Waals surface area (Å²) in [4.78, 5) is 16.8. The molecule has 0 aliphatic heterocycles. The normalized spacial score (nSPS) is 13.7. The van der Waals surface area contributed by atoms with Crippen LogP contribution in [0.2, 0.25) is 0 Å². The lowest BCUT2D eigenvalue weighted by atomic mass is 10.0. The van der Waals surface area contributed by atoms with Crippen LogP contribution >= 0.6 is 0 Å². The molecule has 2 aromatic rings. The molecule has 1 aliphatic carbocycles. The Morgan fingerprint density at radius 2 is 2.14 bits per heavy atom. The number of hydrogen-bond donors (Lipinski definition) is 1. The van der Waals surface area contributed by atoms with Crippen LogP contribution in [-0.4, -0.2) is 15.5 Å². The van der Waals surface area contributed by atoms with Crippen molar-refractivity contribution in [2.75, 3.05) is 0 Å². The number of fused-ring (bicyclic) bond motifs is 1. The smallest absolute Gasteiger partial charge is 0.224 e. The topological polar surface area (TPSA) is 46.9 Å². The Morgan fingerprint density at radius 3 is 2.91 bits per heavy atom. The number of nitrogens with zero attached hydrogens (tertiary/aromatic N) is 2. The van der Waals surface area contributed by atoms with E-state index in [4.69, 9.17) is 4.98 Å². The first-order chi connectivity index (χ1) is 10.6. The molecule has 1 aliphatic rings. The van der Waals surface area contributed by atoms with Gasteiger partial charge in [-0.1, -0.05) is 29.8 Å². The highest BCUT2D eigenvalue weighted by atomic mass is 16.1. The molecule has 0 radical (unpaired) electrons. The third-order valence-corrected chi connectivity index (χ3v) is 4.36. The predicted octanol–water partition coefficient (Wildman–Crippen LogP) is 2.47. The summed E-state index contributed by atoms with van der Waals surface area (Å²) in [7, 11) is 2.05. The number of amides is 1. The lowest BCUT2D eigenvalue weighted by Crippen LogP contribution is -2.26. The lowest BCUT2D eigenvalue weighted by Gasteiger charge is -2.11. The van der Waals surface area contributed by atoms with Crippen LogP contribution in [0.4, 0.5) is 0 Å². The second-order valence-corrected chi connectivity index (χ2v) is 6.13. The Labute approximate surface area is 131 Å². The van der Waals surface area contributed by atoms with Crippen molar-refractivity contribution in [1.29, 1.82) is 0 Å². The van der Waals surface area contributed by atoms with E-state index in [1.54, 1.807) is 0 Å². The Kier molecular flexibility index (Phi) is 4.27. The Hall–Kier alpha value is -2.10. The molecule has 0 fully saturated rings. The van der Waals surface area contributed by atoms with Crippen molar-refractivity contribution in [3.63, 3.8) is 0 Å². The van der Waals surface area contributed by atoms with Gasteiger partial charge >= 0.3 is 0 Å². The van der Waals surface area contributed by atoms with Crippen LogP contribution in [0.15, 0.2) is 24.3 Å². The number of carbonyl (C=O) groups excluding carboxylic acids is 1. The standard InChI is InChI=1S/C18H23N3O/c1-13-6-5-7-14(10-13)11-18(22)19-12-17-20-15-8-3-4-9-16(15)21(17)2/h5-7,10H,3-4,8-9,11-12H2,1-2H3,(H,19,22). The van der Waals surface area contributed by atoms with Gasteiger partial charge in [-0.2, -0.15) is 0 Å². The zero-order valence-corrected chi connectivity index (χ0v) is 13.4. The van der Waals surface area contributed by atoms with E-state index in [0.29, 0.717) is 13.0 Å². The first-order valence-electron chi connectivity index (χ1n) is 7.99. The highest BCUT2D eigenvalue weighted by Crippen LogP contribution is 2.21. The van der Waals surface area contributed by atoms with E-state index >= 15 is 0 Å². The second-order valence-electron chi connectivity index (χ2n) is 6.13. The molecular formula is C18H23N3O. The number of imidazole rings is 1. The van der Waals surface area contributed by atoms with Crippen LogP contribution in [0.25, 0.3) is 0 Å². The summed E-state index contributed by atoms with van der Waals surface area (Å²) in [5.41, 5.74) is 4.80. The van der Waals surface area contributed by atoms with Crippen LogP contribution in [0.3, 0.4) is 0 Å². The fourth-order valence-corrected chi connectivity index (χ4v) is 3.15. The number of aromatic nitrogens is 2. The number of aryl methyl sites for hydroxylation is 2. The van der Waals surface area contributed by atoms with Gasteiger partial charge in [0.25, 0.3) is 0 Å². The highest BCUT2D eigenvalue weighted by Gasteiger charge is 2.17. The minimum absolute atomic E-state index is 0.0478. The molecule has 0 atom stereocenters. The van der Waals surface area contributed by atoms with Gasteiger partial charge in [0.05, 0.1) is 18.7 Å². The molecule has 1 amide bonds. The summed E-state index contributed by atoms with van der Waals surface area (Å²) in [6.45, 7) is 2.55. The molecule has 3 rings (SSSR count). The molecule has 0 bridgehead atoms. The number of carbonyl (C=O) groups is 1. The van der Waals surface area contributed by atoms with Crippen LogP contribution in [-0.2, 0) is 37.6 Å². The summed E-state index contributed by atoms with van der Waals surface area (Å²) >= 11 is 0. The summed E-state index contributed by atoms with van der Waals surface area (Å²) in [5.74, 6) is 1.01. The number of nitrogens with one attached hydrogen (secondary N) is 1. The van der Waals surface area contributed by atoms with Gasteiger partial charge in [-0.25, -0.2) is 4.98 Å². The number of benzene rings is 1. The molecule has 4 nitrogen and oxygen atoms in total. The zero-order valence-electron chi connectivity index (χ0n) is 13.4. The Balaban J connectivity index is 1.60. The highest BCUT2D eigenvalue weighted by molar-refractivity contribution is 5.78. The molecule has 116 valence electrons. The number of rotatable bonds is 4. The molecule has 4 heteroatoms. The van der Waals surface area contributed by atoms with E-state index in [-0.39, 0.29) is 5.91 Å². The van der Waals surface area contributed by atoms with E-state index < -0.39 is 0 Å². The van der Waals surface area contributed by atoms with E-state index in [1.165, 1.54) is 29.8 Å². The van der Waals surface area contributed by atoms with Crippen molar-refractivity contribution in [2.45, 2.75) is 45.6 Å². The third kappa shape index (κ3) is 3.21. The van der Waals surface area contributed by atoms with Gasteiger partial charge < -0.3 is 9.88 Å². The molecule has 1 heterocycles. The first-order valence-corrected chi connectivity index (χ1v) is 7.99. The summed E-state index contributed by atoms with van der Waals surface area (Å²) in [5, 5.41) is 2.99. The van der Waals surface area contributed by atoms with Crippen molar-refractivity contribution >= 4 is 5.91 Å². The SMILES string of the molecule is Cc1cccc(CC(=O)NCc2nc3c(n2C)CCCC3)c1. The van der Waals surface area contributed by atoms with Crippen molar-refractivity contribution in [3.05, 3.63) is 52.6 Å². The quantitative estimate of drug-likeness (QED) is 0.942. The van der Waals surface area contributed by atoms with Crippen LogP contribution in [0, 0.1) is 6.92 Å².